The molecule has 3 rings (SSSR count). The van der Waals surface area contributed by atoms with Crippen LogP contribution in [0.25, 0.3) is 0 Å². The average molecular weight is 250 g/mol. The number of nitrogens with one attached hydrogen (secondary N) is 1. The van der Waals surface area contributed by atoms with E-state index in [0.717, 1.165) is 12.8 Å². The first-order chi connectivity index (χ1) is 8.76. The molecule has 6 nitrogen and oxygen atoms in total. The molecule has 0 spiro atoms. The van der Waals surface area contributed by atoms with E-state index in [1.54, 1.807) is 0 Å². The van der Waals surface area contributed by atoms with Crippen molar-refractivity contribution in [2.45, 2.75) is 50.4 Å². The van der Waals surface area contributed by atoms with E-state index < -0.39 is 6.10 Å². The minimum absolute atomic E-state index is 0.0549. The molecule has 1 aliphatic heterocycles. The van der Waals surface area contributed by atoms with Crippen molar-refractivity contribution in [2.75, 3.05) is 0 Å². The van der Waals surface area contributed by atoms with Crippen LogP contribution < -0.4 is 11.3 Å². The second-order valence-electron chi connectivity index (χ2n) is 5.07. The Morgan fingerprint density at radius 1 is 1.50 bits per heavy atom. The van der Waals surface area contributed by atoms with Gasteiger partial charge in [-0.05, 0) is 31.7 Å². The second kappa shape index (κ2) is 4.70. The smallest absolute Gasteiger partial charge is 0.263 e. The van der Waals surface area contributed by atoms with Gasteiger partial charge in [-0.2, -0.15) is 5.10 Å². The zero-order chi connectivity index (χ0) is 12.5. The van der Waals surface area contributed by atoms with Crippen LogP contribution in [0.5, 0.6) is 0 Å². The van der Waals surface area contributed by atoms with Crippen molar-refractivity contribution in [3.8, 4) is 0 Å². The predicted octanol–water partition coefficient (Wildman–Crippen LogP) is 0.298. The van der Waals surface area contributed by atoms with E-state index in [-0.39, 0.29) is 12.0 Å². The lowest BCUT2D eigenvalue weighted by Gasteiger charge is -2.12. The lowest BCUT2D eigenvalue weighted by atomic mass is 10.2. The molecule has 3 N–H and O–H groups in total. The summed E-state index contributed by atoms with van der Waals surface area (Å²) in [5.74, 6) is 5.53. The molecule has 2 fully saturated rings. The molecule has 0 bridgehead atoms. The Morgan fingerprint density at radius 2 is 2.33 bits per heavy atom. The number of ether oxygens (including phenoxy) is 1. The van der Waals surface area contributed by atoms with E-state index >= 15 is 0 Å². The van der Waals surface area contributed by atoms with E-state index in [1.807, 2.05) is 10.9 Å². The zero-order valence-corrected chi connectivity index (χ0v) is 10.2. The topological polar surface area (TPSA) is 82.2 Å². The highest BCUT2D eigenvalue weighted by atomic mass is 16.5. The van der Waals surface area contributed by atoms with Gasteiger partial charge in [-0.15, -0.1) is 0 Å². The highest BCUT2D eigenvalue weighted by molar-refractivity contribution is 5.80. The summed E-state index contributed by atoms with van der Waals surface area (Å²) in [6.07, 6.45) is 5.76. The van der Waals surface area contributed by atoms with Crippen LogP contribution in [0, 0.1) is 0 Å². The van der Waals surface area contributed by atoms with Gasteiger partial charge < -0.3 is 4.74 Å². The van der Waals surface area contributed by atoms with Gasteiger partial charge in [0.2, 0.25) is 0 Å². The minimum atomic E-state index is -0.404. The minimum Gasteiger partial charge on any atom is -0.363 e. The van der Waals surface area contributed by atoms with E-state index in [2.05, 4.69) is 16.6 Å². The monoisotopic (exact) mass is 250 g/mol. The third kappa shape index (κ3) is 2.39. The van der Waals surface area contributed by atoms with Crippen LogP contribution in [-0.2, 0) is 16.1 Å². The number of hydrogen-bond acceptors (Lipinski definition) is 4. The molecule has 1 amide bonds. The Balaban J connectivity index is 1.55. The summed E-state index contributed by atoms with van der Waals surface area (Å²) in [6.45, 7) is 0.709. The fraction of sp³-hybridized carbons (Fsp3) is 0.667. The number of aromatic nitrogens is 2. The molecule has 2 heterocycles. The van der Waals surface area contributed by atoms with Crippen molar-refractivity contribution in [1.29, 1.82) is 0 Å². The van der Waals surface area contributed by atoms with Crippen LogP contribution >= 0.6 is 0 Å². The Morgan fingerprint density at radius 3 is 3.06 bits per heavy atom. The number of amides is 1. The highest BCUT2D eigenvalue weighted by Crippen LogP contribution is 2.38. The summed E-state index contributed by atoms with van der Waals surface area (Å²) >= 11 is 0. The Hall–Kier alpha value is -1.40. The maximum Gasteiger partial charge on any atom is 0.263 e. The summed E-state index contributed by atoms with van der Waals surface area (Å²) in [4.78, 5) is 11.3. The SMILES string of the molecule is NNC(=O)C1CCC(Cn2ccc(C3CC3)n2)O1. The first-order valence-corrected chi connectivity index (χ1v) is 6.45. The molecule has 2 atom stereocenters. The molecular weight excluding hydrogens is 232 g/mol. The lowest BCUT2D eigenvalue weighted by Crippen LogP contribution is -2.39. The predicted molar refractivity (Wildman–Crippen MR) is 64.4 cm³/mol. The summed E-state index contributed by atoms with van der Waals surface area (Å²) in [5.41, 5.74) is 3.32. The number of hydrogen-bond donors (Lipinski definition) is 2. The summed E-state index contributed by atoms with van der Waals surface area (Å²) in [7, 11) is 0. The van der Waals surface area contributed by atoms with Gasteiger partial charge in [0.1, 0.15) is 6.10 Å². The number of rotatable bonds is 4. The van der Waals surface area contributed by atoms with E-state index in [9.17, 15) is 4.79 Å². The highest BCUT2D eigenvalue weighted by Gasteiger charge is 2.31. The van der Waals surface area contributed by atoms with Crippen molar-refractivity contribution in [1.82, 2.24) is 15.2 Å². The lowest BCUT2D eigenvalue weighted by molar-refractivity contribution is -0.132. The Bertz CT molecular complexity index is 441. The maximum atomic E-state index is 11.3. The van der Waals surface area contributed by atoms with Crippen LogP contribution in [0.1, 0.15) is 37.3 Å². The number of hydrazine groups is 1. The molecule has 1 aromatic rings. The van der Waals surface area contributed by atoms with Crippen LogP contribution in [0.3, 0.4) is 0 Å². The van der Waals surface area contributed by atoms with Crippen molar-refractivity contribution in [3.05, 3.63) is 18.0 Å². The molecule has 0 aromatic carbocycles. The number of carbonyl (C=O) groups is 1. The molecule has 2 aliphatic rings. The normalized spacial score (nSPS) is 27.4. The first-order valence-electron chi connectivity index (χ1n) is 6.45. The summed E-state index contributed by atoms with van der Waals surface area (Å²) < 4.78 is 7.57. The summed E-state index contributed by atoms with van der Waals surface area (Å²) in [6, 6.07) is 2.08. The molecule has 1 saturated carbocycles. The molecule has 6 heteroatoms. The molecule has 98 valence electrons. The molecular formula is C12H18N4O2. The fourth-order valence-corrected chi connectivity index (χ4v) is 2.41. The van der Waals surface area contributed by atoms with Gasteiger partial charge in [-0.3, -0.25) is 14.9 Å². The van der Waals surface area contributed by atoms with Gasteiger partial charge in [0.05, 0.1) is 18.3 Å². The zero-order valence-electron chi connectivity index (χ0n) is 10.2. The van der Waals surface area contributed by atoms with E-state index in [0.29, 0.717) is 12.5 Å². The standard InChI is InChI=1S/C12H18N4O2/c13-14-12(17)11-4-3-9(18-11)7-16-6-5-10(15-16)8-1-2-8/h5-6,8-9,11H,1-4,7,13H2,(H,14,17). The van der Waals surface area contributed by atoms with Crippen molar-refractivity contribution in [3.63, 3.8) is 0 Å². The Labute approximate surface area is 105 Å². The third-order valence-corrected chi connectivity index (χ3v) is 3.59. The van der Waals surface area contributed by atoms with E-state index in [4.69, 9.17) is 10.6 Å². The van der Waals surface area contributed by atoms with Gasteiger partial charge in [0.15, 0.2) is 0 Å². The molecule has 18 heavy (non-hydrogen) atoms. The second-order valence-corrected chi connectivity index (χ2v) is 5.07. The Kier molecular flexibility index (Phi) is 3.05. The molecule has 0 radical (unpaired) electrons. The van der Waals surface area contributed by atoms with Crippen molar-refractivity contribution in [2.24, 2.45) is 5.84 Å². The van der Waals surface area contributed by atoms with Crippen molar-refractivity contribution >= 4 is 5.91 Å². The summed E-state index contributed by atoms with van der Waals surface area (Å²) in [5, 5.41) is 4.54. The molecule has 2 unspecified atom stereocenters. The van der Waals surface area contributed by atoms with Gasteiger partial charge in [0.25, 0.3) is 5.91 Å². The third-order valence-electron chi connectivity index (χ3n) is 3.59. The van der Waals surface area contributed by atoms with Gasteiger partial charge >= 0.3 is 0 Å². The van der Waals surface area contributed by atoms with Crippen LogP contribution in [0.15, 0.2) is 12.3 Å². The number of carbonyl (C=O) groups excluding carboxylic acids is 1. The molecule has 1 saturated heterocycles. The fourth-order valence-electron chi connectivity index (χ4n) is 2.41. The largest absolute Gasteiger partial charge is 0.363 e. The van der Waals surface area contributed by atoms with Gasteiger partial charge in [0, 0.05) is 12.1 Å². The first kappa shape index (κ1) is 11.7. The van der Waals surface area contributed by atoms with Gasteiger partial charge in [-0.25, -0.2) is 5.84 Å². The number of nitrogens with zero attached hydrogens (tertiary/aromatic N) is 2. The average Bonchev–Trinajstić information content (AvgIpc) is 2.96. The van der Waals surface area contributed by atoms with Gasteiger partial charge in [-0.1, -0.05) is 0 Å². The maximum absolute atomic E-state index is 11.3. The molecule has 1 aromatic heterocycles. The van der Waals surface area contributed by atoms with E-state index in [1.165, 1.54) is 18.5 Å². The van der Waals surface area contributed by atoms with Crippen LogP contribution in [0.4, 0.5) is 0 Å². The van der Waals surface area contributed by atoms with Crippen molar-refractivity contribution < 1.29 is 9.53 Å². The number of nitrogens with two attached hydrogens (primary N) is 1. The van der Waals surface area contributed by atoms with Crippen LogP contribution in [0.2, 0.25) is 0 Å². The van der Waals surface area contributed by atoms with Crippen LogP contribution in [-0.4, -0.2) is 27.9 Å². The quantitative estimate of drug-likeness (QED) is 0.457. The molecule has 1 aliphatic carbocycles.